The van der Waals surface area contributed by atoms with E-state index in [1.165, 1.54) is 44.5 Å². The molecule has 8 heteroatoms. The van der Waals surface area contributed by atoms with Gasteiger partial charge in [0.2, 0.25) is 0 Å². The van der Waals surface area contributed by atoms with Crippen LogP contribution in [0.1, 0.15) is 44.5 Å². The number of hydrogen-bond acceptors (Lipinski definition) is 8. The first-order valence-electron chi connectivity index (χ1n) is 31.7. The van der Waals surface area contributed by atoms with Crippen LogP contribution >= 0.6 is 0 Å². The van der Waals surface area contributed by atoms with Gasteiger partial charge in [-0.15, -0.1) is 0 Å². The van der Waals surface area contributed by atoms with Crippen LogP contribution < -0.4 is 9.47 Å². The Hall–Kier alpha value is -12.5. The lowest BCUT2D eigenvalue weighted by Gasteiger charge is -2.39. The van der Waals surface area contributed by atoms with Crippen molar-refractivity contribution in [1.82, 2.24) is 29.9 Å². The standard InChI is InChI=1S/C86H52N6O2/c1-3-20-55(21-4-1)79-87-81(91-83(89-79)61-46-48-73-77(51-61)93-75-36-17-15-34-71(75)85(73)67-30-11-7-26-63(67)64-27-8-12-31-68(64)85)57-42-38-53(39-43-57)59-24-19-25-60(50-59)54-40-44-58(45-41-54)82-88-80(56-22-5-2-6-23-56)90-84(92-82)62-47-49-74-78(52-62)94-76-37-18-16-35-72(76)86(74)69-32-13-9-28-65(69)66-29-10-14-33-70(66)86/h1-52H. The van der Waals surface area contributed by atoms with Gasteiger partial charge in [-0.05, 0) is 97.1 Å². The zero-order valence-corrected chi connectivity index (χ0v) is 50.5. The number of hydrogen-bond donors (Lipinski definition) is 0. The molecular weight excluding hydrogens is 1150 g/mol. The van der Waals surface area contributed by atoms with Gasteiger partial charge in [0.1, 0.15) is 23.0 Å². The van der Waals surface area contributed by atoms with Crippen molar-refractivity contribution in [2.75, 3.05) is 0 Å². The topological polar surface area (TPSA) is 95.8 Å². The second-order valence-corrected chi connectivity index (χ2v) is 24.4. The van der Waals surface area contributed by atoms with Crippen molar-refractivity contribution in [3.63, 3.8) is 0 Å². The average Bonchev–Trinajstić information content (AvgIpc) is 1.49. The van der Waals surface area contributed by atoms with Gasteiger partial charge in [-0.1, -0.05) is 285 Å². The SMILES string of the molecule is c1ccc(-c2nc(-c3ccc(-c4cccc(-c5ccc(-c6nc(-c7ccccc7)nc(-c7ccc8c(c7)Oc7ccccc7C87c8ccccc8-c8ccccc87)n6)cc5)c4)cc3)nc(-c3ccc4c(c3)Oc3ccccc3C43c4ccccc4-c4ccccc43)n2)cc1. The molecule has 0 saturated carbocycles. The molecule has 2 aliphatic carbocycles. The predicted octanol–water partition coefficient (Wildman–Crippen LogP) is 20.3. The van der Waals surface area contributed by atoms with E-state index in [0.717, 1.165) is 101 Å². The maximum absolute atomic E-state index is 6.90. The molecule has 2 aliphatic heterocycles. The number of nitrogens with zero attached hydrogens (tertiary/aromatic N) is 6. The summed E-state index contributed by atoms with van der Waals surface area (Å²) in [5.41, 5.74) is 22.6. The summed E-state index contributed by atoms with van der Waals surface area (Å²) < 4.78 is 13.8. The van der Waals surface area contributed by atoms with Crippen molar-refractivity contribution >= 4 is 0 Å². The van der Waals surface area contributed by atoms with E-state index in [1.807, 2.05) is 72.8 Å². The van der Waals surface area contributed by atoms with Crippen molar-refractivity contribution in [1.29, 1.82) is 0 Å². The minimum absolute atomic E-state index is 0.554. The van der Waals surface area contributed by atoms with E-state index in [0.29, 0.717) is 34.9 Å². The van der Waals surface area contributed by atoms with Gasteiger partial charge in [-0.25, -0.2) is 29.9 Å². The molecule has 4 heterocycles. The minimum atomic E-state index is -0.573. The highest BCUT2D eigenvalue weighted by Gasteiger charge is 2.52. The first-order chi connectivity index (χ1) is 46.5. The average molecular weight is 1200 g/mol. The molecule has 438 valence electrons. The smallest absolute Gasteiger partial charge is 0.164 e. The summed E-state index contributed by atoms with van der Waals surface area (Å²) in [4.78, 5) is 31.0. The van der Waals surface area contributed by atoms with Gasteiger partial charge in [0.15, 0.2) is 34.9 Å². The molecular formula is C86H52N6O2. The largest absolute Gasteiger partial charge is 0.457 e. The van der Waals surface area contributed by atoms with Gasteiger partial charge in [-0.2, -0.15) is 0 Å². The summed E-state index contributed by atoms with van der Waals surface area (Å²) in [6.45, 7) is 0. The van der Waals surface area contributed by atoms with Crippen LogP contribution in [0.5, 0.6) is 23.0 Å². The second kappa shape index (κ2) is 21.0. The molecule has 2 aromatic heterocycles. The normalized spacial score (nSPS) is 13.4. The van der Waals surface area contributed by atoms with Crippen LogP contribution in [-0.4, -0.2) is 29.9 Å². The number of rotatable bonds is 8. The number of ether oxygens (including phenoxy) is 2. The van der Waals surface area contributed by atoms with Gasteiger partial charge < -0.3 is 9.47 Å². The van der Waals surface area contributed by atoms with E-state index in [1.54, 1.807) is 0 Å². The lowest BCUT2D eigenvalue weighted by atomic mass is 9.66. The Labute approximate surface area is 542 Å². The number of para-hydroxylation sites is 2. The summed E-state index contributed by atoms with van der Waals surface area (Å²) >= 11 is 0. The molecule has 0 saturated heterocycles. The molecule has 13 aromatic carbocycles. The summed E-state index contributed by atoms with van der Waals surface area (Å²) in [6.07, 6.45) is 0. The van der Waals surface area contributed by atoms with Crippen LogP contribution in [0.3, 0.4) is 0 Å². The zero-order valence-electron chi connectivity index (χ0n) is 50.5. The lowest BCUT2D eigenvalue weighted by molar-refractivity contribution is 0.436. The molecule has 15 aromatic rings. The monoisotopic (exact) mass is 1200 g/mol. The maximum atomic E-state index is 6.90. The van der Waals surface area contributed by atoms with Crippen molar-refractivity contribution in [2.45, 2.75) is 10.8 Å². The van der Waals surface area contributed by atoms with Crippen LogP contribution in [-0.2, 0) is 10.8 Å². The van der Waals surface area contributed by atoms with Gasteiger partial charge in [0.25, 0.3) is 0 Å². The highest BCUT2D eigenvalue weighted by molar-refractivity contribution is 5.91. The van der Waals surface area contributed by atoms with Crippen LogP contribution in [0, 0.1) is 0 Å². The summed E-state index contributed by atoms with van der Waals surface area (Å²) in [7, 11) is 0. The van der Waals surface area contributed by atoms with Crippen molar-refractivity contribution in [3.8, 4) is 136 Å². The Balaban J connectivity index is 0.639. The minimum Gasteiger partial charge on any atom is -0.457 e. The van der Waals surface area contributed by atoms with Gasteiger partial charge in [-0.3, -0.25) is 0 Å². The predicted molar refractivity (Wildman–Crippen MR) is 371 cm³/mol. The number of aromatic nitrogens is 6. The molecule has 0 fully saturated rings. The highest BCUT2D eigenvalue weighted by atomic mass is 16.5. The zero-order chi connectivity index (χ0) is 61.9. The lowest BCUT2D eigenvalue weighted by Crippen LogP contribution is -2.32. The molecule has 0 radical (unpaired) electrons. The maximum Gasteiger partial charge on any atom is 0.164 e. The Kier molecular flexibility index (Phi) is 11.9. The van der Waals surface area contributed by atoms with Crippen LogP contribution in [0.25, 0.3) is 113 Å². The molecule has 94 heavy (non-hydrogen) atoms. The fourth-order valence-corrected chi connectivity index (χ4v) is 15.2. The van der Waals surface area contributed by atoms with E-state index < -0.39 is 10.8 Å². The quantitative estimate of drug-likeness (QED) is 0.148. The molecule has 8 nitrogen and oxygen atoms in total. The molecule has 19 rings (SSSR count). The fourth-order valence-electron chi connectivity index (χ4n) is 15.2. The van der Waals surface area contributed by atoms with Gasteiger partial charge in [0, 0.05) is 55.6 Å². The van der Waals surface area contributed by atoms with Crippen LogP contribution in [0.15, 0.2) is 315 Å². The van der Waals surface area contributed by atoms with Crippen molar-refractivity contribution in [3.05, 3.63) is 360 Å². The first-order valence-corrected chi connectivity index (χ1v) is 31.7. The van der Waals surface area contributed by atoms with E-state index in [-0.39, 0.29) is 0 Å². The Bertz CT molecular complexity index is 5140. The van der Waals surface area contributed by atoms with E-state index in [2.05, 4.69) is 243 Å². The number of fused-ring (bicyclic) bond motifs is 18. The Morgan fingerprint density at radius 2 is 0.426 bits per heavy atom. The third-order valence-electron chi connectivity index (χ3n) is 19.4. The Morgan fingerprint density at radius 1 is 0.170 bits per heavy atom. The van der Waals surface area contributed by atoms with E-state index >= 15 is 0 Å². The van der Waals surface area contributed by atoms with E-state index in [4.69, 9.17) is 39.4 Å². The molecule has 0 bridgehead atoms. The summed E-state index contributed by atoms with van der Waals surface area (Å²) in [5, 5.41) is 0. The van der Waals surface area contributed by atoms with E-state index in [9.17, 15) is 0 Å². The molecule has 4 aliphatic rings. The molecule has 0 N–H and O–H groups in total. The molecule has 2 spiro atoms. The third-order valence-corrected chi connectivity index (χ3v) is 19.4. The molecule has 0 amide bonds. The molecule has 0 unspecified atom stereocenters. The summed E-state index contributed by atoms with van der Waals surface area (Å²) in [5.74, 6) is 6.61. The number of benzene rings is 13. The Morgan fingerprint density at radius 3 is 0.787 bits per heavy atom. The van der Waals surface area contributed by atoms with Crippen molar-refractivity contribution in [2.24, 2.45) is 0 Å². The summed E-state index contributed by atoms with van der Waals surface area (Å²) in [6, 6.07) is 111. The third kappa shape index (κ3) is 8.12. The van der Waals surface area contributed by atoms with Crippen LogP contribution in [0.4, 0.5) is 0 Å². The van der Waals surface area contributed by atoms with Gasteiger partial charge >= 0.3 is 0 Å². The van der Waals surface area contributed by atoms with Crippen LogP contribution in [0.2, 0.25) is 0 Å². The highest BCUT2D eigenvalue weighted by Crippen LogP contribution is 2.64. The second-order valence-electron chi connectivity index (χ2n) is 24.4. The first kappa shape index (κ1) is 53.3. The fraction of sp³-hybridized carbons (Fsp3) is 0.0233. The van der Waals surface area contributed by atoms with Crippen molar-refractivity contribution < 1.29 is 9.47 Å². The van der Waals surface area contributed by atoms with Gasteiger partial charge in [0.05, 0.1) is 10.8 Å². The molecule has 0 atom stereocenters.